The predicted octanol–water partition coefficient (Wildman–Crippen LogP) is 2.72. The Morgan fingerprint density at radius 2 is 1.83 bits per heavy atom. The van der Waals surface area contributed by atoms with Gasteiger partial charge >= 0.3 is 15.2 Å². The second-order valence-corrected chi connectivity index (χ2v) is 12.1. The average Bonchev–Trinajstić information content (AvgIpc) is 3.09. The highest BCUT2D eigenvalue weighted by atomic mass is 31.2. The lowest BCUT2D eigenvalue weighted by Gasteiger charge is -2.18. The maximum absolute atomic E-state index is 14.9. The first-order valence-electron chi connectivity index (χ1n) is 10.5. The summed E-state index contributed by atoms with van der Waals surface area (Å²) in [5.41, 5.74) is 1.95. The number of halogens is 1. The SMILES string of the molecule is O=P(O)(O)CP(=O)(O)OC[C@H]1O[C@@H](c2ccc3c(NCc4ccccc4)ncnc3c2)[C@@H](F)[C@@H]1O. The summed E-state index contributed by atoms with van der Waals surface area (Å²) >= 11 is 0. The zero-order valence-electron chi connectivity index (χ0n) is 18.2. The summed E-state index contributed by atoms with van der Waals surface area (Å²) in [6.07, 6.45) is -4.72. The van der Waals surface area contributed by atoms with Crippen LogP contribution in [0.15, 0.2) is 54.9 Å². The van der Waals surface area contributed by atoms with Crippen LogP contribution in [-0.4, -0.2) is 60.6 Å². The normalized spacial score (nSPS) is 24.4. The minimum absolute atomic E-state index is 0.377. The summed E-state index contributed by atoms with van der Waals surface area (Å²) in [7, 11) is -9.49. The minimum atomic E-state index is -4.82. The molecule has 0 bridgehead atoms. The summed E-state index contributed by atoms with van der Waals surface area (Å²) in [5, 5.41) is 14.2. The lowest BCUT2D eigenvalue weighted by molar-refractivity contribution is -0.0183. The van der Waals surface area contributed by atoms with Gasteiger partial charge in [-0.15, -0.1) is 0 Å². The summed E-state index contributed by atoms with van der Waals surface area (Å²) in [4.78, 5) is 35.8. The number of hydrogen-bond acceptors (Lipinski definition) is 8. The first kappa shape index (κ1) is 25.8. The van der Waals surface area contributed by atoms with E-state index in [0.717, 1.165) is 5.56 Å². The van der Waals surface area contributed by atoms with Crippen LogP contribution < -0.4 is 5.32 Å². The molecule has 2 heterocycles. The lowest BCUT2D eigenvalue weighted by Crippen LogP contribution is -2.31. The number of aliphatic hydroxyl groups is 1. The molecule has 2 aromatic carbocycles. The quantitative estimate of drug-likeness (QED) is 0.259. The van der Waals surface area contributed by atoms with Crippen molar-refractivity contribution in [2.75, 3.05) is 17.8 Å². The fourth-order valence-corrected chi connectivity index (χ4v) is 6.33. The van der Waals surface area contributed by atoms with E-state index in [4.69, 9.17) is 14.5 Å². The Hall–Kier alpha value is -2.27. The van der Waals surface area contributed by atoms with E-state index in [-0.39, 0.29) is 0 Å². The highest BCUT2D eigenvalue weighted by Crippen LogP contribution is 2.55. The molecule has 0 radical (unpaired) electrons. The van der Waals surface area contributed by atoms with Gasteiger partial charge in [-0.05, 0) is 23.3 Å². The molecule has 0 saturated carbocycles. The van der Waals surface area contributed by atoms with Crippen LogP contribution in [0.4, 0.5) is 10.2 Å². The number of aromatic nitrogens is 2. The number of alkyl halides is 1. The monoisotopic (exact) mass is 527 g/mol. The van der Waals surface area contributed by atoms with Crippen molar-refractivity contribution >= 4 is 31.9 Å². The first-order valence-corrected chi connectivity index (χ1v) is 14.1. The molecule has 1 saturated heterocycles. The number of benzene rings is 2. The maximum atomic E-state index is 14.9. The molecule has 35 heavy (non-hydrogen) atoms. The molecule has 1 aliphatic rings. The molecular weight excluding hydrogens is 503 g/mol. The van der Waals surface area contributed by atoms with Crippen molar-refractivity contribution in [1.29, 1.82) is 0 Å². The Labute approximate surface area is 199 Å². The van der Waals surface area contributed by atoms with E-state index in [1.807, 2.05) is 30.3 Å². The van der Waals surface area contributed by atoms with Crippen molar-refractivity contribution in [3.63, 3.8) is 0 Å². The first-order chi connectivity index (χ1) is 16.5. The average molecular weight is 527 g/mol. The van der Waals surface area contributed by atoms with Crippen LogP contribution in [0.2, 0.25) is 0 Å². The molecule has 0 amide bonds. The van der Waals surface area contributed by atoms with Crippen LogP contribution in [0.25, 0.3) is 10.9 Å². The van der Waals surface area contributed by atoms with Crippen LogP contribution in [0.1, 0.15) is 17.2 Å². The Kier molecular flexibility index (Phi) is 7.65. The number of fused-ring (bicyclic) bond motifs is 1. The molecule has 1 unspecified atom stereocenters. The van der Waals surface area contributed by atoms with Crippen LogP contribution in [-0.2, 0) is 24.9 Å². The third kappa shape index (κ3) is 6.49. The summed E-state index contributed by atoms with van der Waals surface area (Å²) in [6.45, 7) is -0.188. The molecule has 3 aromatic rings. The van der Waals surface area contributed by atoms with E-state index in [0.29, 0.717) is 28.8 Å². The van der Waals surface area contributed by atoms with E-state index in [2.05, 4.69) is 19.8 Å². The van der Waals surface area contributed by atoms with Crippen molar-refractivity contribution in [3.8, 4) is 0 Å². The van der Waals surface area contributed by atoms with Crippen molar-refractivity contribution in [2.24, 2.45) is 0 Å². The van der Waals surface area contributed by atoms with Crippen molar-refractivity contribution in [2.45, 2.75) is 31.0 Å². The molecular formula is C21H24FN3O8P2. The molecule has 0 spiro atoms. The second-order valence-electron chi connectivity index (χ2n) is 8.11. The topological polar surface area (TPSA) is 171 Å². The van der Waals surface area contributed by atoms with Gasteiger partial charge in [0.05, 0.1) is 12.1 Å². The smallest absolute Gasteiger partial charge is 0.340 e. The van der Waals surface area contributed by atoms with Crippen LogP contribution in [0.3, 0.4) is 0 Å². The fourth-order valence-electron chi connectivity index (χ4n) is 3.77. The lowest BCUT2D eigenvalue weighted by atomic mass is 10.0. The molecule has 1 fully saturated rings. The van der Waals surface area contributed by atoms with Gasteiger partial charge in [0.25, 0.3) is 0 Å². The van der Waals surface area contributed by atoms with E-state index in [1.165, 1.54) is 6.33 Å². The number of hydrogen-bond donors (Lipinski definition) is 5. The number of anilines is 1. The van der Waals surface area contributed by atoms with E-state index >= 15 is 0 Å². The molecule has 1 aromatic heterocycles. The summed E-state index contributed by atoms with van der Waals surface area (Å²) in [6, 6.07) is 14.6. The number of aliphatic hydroxyl groups excluding tert-OH is 1. The van der Waals surface area contributed by atoms with Gasteiger partial charge in [-0.25, -0.2) is 14.4 Å². The zero-order valence-corrected chi connectivity index (χ0v) is 20.0. The Balaban J connectivity index is 1.47. The van der Waals surface area contributed by atoms with Gasteiger partial charge in [-0.2, -0.15) is 0 Å². The van der Waals surface area contributed by atoms with Crippen LogP contribution in [0.5, 0.6) is 0 Å². The van der Waals surface area contributed by atoms with Crippen molar-refractivity contribution < 1.29 is 42.6 Å². The fraction of sp³-hybridized carbons (Fsp3) is 0.333. The number of nitrogens with one attached hydrogen (secondary N) is 1. The highest BCUT2D eigenvalue weighted by molar-refractivity contribution is 7.70. The number of rotatable bonds is 9. The second kappa shape index (κ2) is 10.4. The predicted molar refractivity (Wildman–Crippen MR) is 125 cm³/mol. The van der Waals surface area contributed by atoms with E-state index in [1.54, 1.807) is 18.2 Å². The van der Waals surface area contributed by atoms with Crippen LogP contribution in [0, 0.1) is 0 Å². The summed E-state index contributed by atoms with van der Waals surface area (Å²) < 4.78 is 47.9. The van der Waals surface area contributed by atoms with Gasteiger partial charge in [-0.1, -0.05) is 36.4 Å². The molecule has 1 aliphatic heterocycles. The summed E-state index contributed by atoms with van der Waals surface area (Å²) in [5.74, 6) is -0.805. The van der Waals surface area contributed by atoms with Crippen molar-refractivity contribution in [3.05, 3.63) is 66.0 Å². The van der Waals surface area contributed by atoms with Gasteiger partial charge < -0.3 is 34.4 Å². The Morgan fingerprint density at radius 1 is 1.09 bits per heavy atom. The van der Waals surface area contributed by atoms with Crippen molar-refractivity contribution in [1.82, 2.24) is 9.97 Å². The third-order valence-electron chi connectivity index (χ3n) is 5.41. The molecule has 0 aliphatic carbocycles. The molecule has 11 nitrogen and oxygen atoms in total. The Morgan fingerprint density at radius 3 is 2.54 bits per heavy atom. The third-order valence-corrected chi connectivity index (χ3v) is 8.87. The van der Waals surface area contributed by atoms with Crippen LogP contribution >= 0.6 is 15.2 Å². The highest BCUT2D eigenvalue weighted by Gasteiger charge is 2.46. The van der Waals surface area contributed by atoms with E-state index < -0.39 is 52.2 Å². The van der Waals surface area contributed by atoms with Gasteiger partial charge in [0, 0.05) is 11.9 Å². The van der Waals surface area contributed by atoms with Gasteiger partial charge in [0.1, 0.15) is 30.5 Å². The molecule has 188 valence electrons. The minimum Gasteiger partial charge on any atom is -0.387 e. The largest absolute Gasteiger partial charge is 0.387 e. The van der Waals surface area contributed by atoms with Gasteiger partial charge in [-0.3, -0.25) is 9.13 Å². The number of ether oxygens (including phenoxy) is 1. The van der Waals surface area contributed by atoms with Gasteiger partial charge in [0.15, 0.2) is 12.1 Å². The molecule has 5 N–H and O–H groups in total. The molecule has 5 atom stereocenters. The van der Waals surface area contributed by atoms with E-state index in [9.17, 15) is 23.5 Å². The number of nitrogens with zero attached hydrogens (tertiary/aromatic N) is 2. The molecule has 14 heteroatoms. The molecule has 4 rings (SSSR count). The standard InChI is InChI=1S/C21H24FN3O8P2/c22-18-19(26)17(10-32-35(30,31)12-34(27,28)29)33-20(18)14-6-7-15-16(8-14)24-11-25-21(15)23-9-13-4-2-1-3-5-13/h1-8,11,17-20,26H,9-10,12H2,(H,30,31)(H,23,24,25)(H2,27,28,29)/t17-,18+,19-,20+/m1/s1. The van der Waals surface area contributed by atoms with Gasteiger partial charge in [0.2, 0.25) is 0 Å². The zero-order chi connectivity index (χ0) is 25.2. The maximum Gasteiger partial charge on any atom is 0.340 e. The Bertz CT molecular complexity index is 1280.